The lowest BCUT2D eigenvalue weighted by Gasteiger charge is -2.24. The van der Waals surface area contributed by atoms with Crippen LogP contribution in [0.2, 0.25) is 0 Å². The van der Waals surface area contributed by atoms with E-state index in [2.05, 4.69) is 17.1 Å². The van der Waals surface area contributed by atoms with Gasteiger partial charge < -0.3 is 15.7 Å². The maximum absolute atomic E-state index is 11.2. The van der Waals surface area contributed by atoms with Gasteiger partial charge in [-0.25, -0.2) is 9.78 Å². The second-order valence-electron chi connectivity index (χ2n) is 4.82. The quantitative estimate of drug-likeness (QED) is 0.651. The molecule has 1 aliphatic carbocycles. The van der Waals surface area contributed by atoms with Gasteiger partial charge in [-0.2, -0.15) is 0 Å². The summed E-state index contributed by atoms with van der Waals surface area (Å²) in [4.78, 5) is 20.4. The van der Waals surface area contributed by atoms with E-state index in [1.54, 1.807) is 5.38 Å². The molecule has 0 aromatic carbocycles. The van der Waals surface area contributed by atoms with Crippen LogP contribution in [-0.4, -0.2) is 27.9 Å². The number of carboxylic acid groups (broad SMARTS) is 1. The van der Waals surface area contributed by atoms with E-state index in [0.29, 0.717) is 11.0 Å². The number of nitrogens with two attached hydrogens (primary N) is 1. The smallest absolute Gasteiger partial charge is 0.360 e. The highest BCUT2D eigenvalue weighted by Crippen LogP contribution is 2.26. The lowest BCUT2D eigenvalue weighted by molar-refractivity contribution is -0.129. The minimum Gasteiger partial charge on any atom is -0.476 e. The van der Waals surface area contributed by atoms with Crippen molar-refractivity contribution in [1.82, 2.24) is 4.98 Å². The molecule has 0 radical (unpaired) electrons. The highest BCUT2D eigenvalue weighted by atomic mass is 32.1. The van der Waals surface area contributed by atoms with Gasteiger partial charge in [-0.1, -0.05) is 18.5 Å². The summed E-state index contributed by atoms with van der Waals surface area (Å²) in [6.45, 7) is 2.17. The minimum atomic E-state index is -1.16. The maximum Gasteiger partial charge on any atom is 0.360 e. The Morgan fingerprint density at radius 3 is 3.00 bits per heavy atom. The van der Waals surface area contributed by atoms with Crippen LogP contribution in [-0.2, 0) is 9.63 Å². The van der Waals surface area contributed by atoms with Crippen LogP contribution in [0, 0.1) is 5.92 Å². The first kappa shape index (κ1) is 13.8. The van der Waals surface area contributed by atoms with E-state index in [1.165, 1.54) is 17.8 Å². The van der Waals surface area contributed by atoms with Crippen molar-refractivity contribution in [3.8, 4) is 0 Å². The fraction of sp³-hybridized carbons (Fsp3) is 0.583. The van der Waals surface area contributed by atoms with Crippen molar-refractivity contribution >= 4 is 28.1 Å². The average Bonchev–Trinajstić information content (AvgIpc) is 2.76. The Hall–Kier alpha value is -1.63. The van der Waals surface area contributed by atoms with E-state index >= 15 is 0 Å². The Morgan fingerprint density at radius 2 is 2.42 bits per heavy atom. The molecule has 1 aromatic heterocycles. The van der Waals surface area contributed by atoms with Crippen LogP contribution in [0.25, 0.3) is 0 Å². The Bertz CT molecular complexity index is 486. The molecule has 1 heterocycles. The number of carboxylic acids is 1. The predicted octanol–water partition coefficient (Wildman–Crippen LogP) is 2.11. The van der Waals surface area contributed by atoms with Gasteiger partial charge in [0.05, 0.1) is 0 Å². The van der Waals surface area contributed by atoms with Crippen LogP contribution in [0.1, 0.15) is 38.3 Å². The number of aromatic nitrogens is 1. The van der Waals surface area contributed by atoms with Gasteiger partial charge in [0, 0.05) is 5.38 Å². The van der Waals surface area contributed by atoms with E-state index < -0.39 is 5.97 Å². The molecule has 7 heteroatoms. The van der Waals surface area contributed by atoms with Gasteiger partial charge in [0.25, 0.3) is 0 Å². The SMILES string of the molecule is C[C@@H]1CCC[C@@H](O/N=C(\C(=O)O)c2csc(N)n2)C1. The van der Waals surface area contributed by atoms with Crippen molar-refractivity contribution in [3.63, 3.8) is 0 Å². The number of hydrogen-bond acceptors (Lipinski definition) is 6. The number of aliphatic carboxylic acids is 1. The number of anilines is 1. The molecule has 0 unspecified atom stereocenters. The first-order valence-corrected chi connectivity index (χ1v) is 7.12. The Morgan fingerprint density at radius 1 is 1.63 bits per heavy atom. The number of nitrogen functional groups attached to an aromatic ring is 1. The number of oxime groups is 1. The first-order chi connectivity index (χ1) is 9.06. The van der Waals surface area contributed by atoms with Crippen molar-refractivity contribution in [2.75, 3.05) is 5.73 Å². The lowest BCUT2D eigenvalue weighted by atomic mass is 9.89. The number of hydrogen-bond donors (Lipinski definition) is 2. The number of thiazole rings is 1. The van der Waals surface area contributed by atoms with E-state index in [4.69, 9.17) is 15.7 Å². The molecule has 104 valence electrons. The second-order valence-corrected chi connectivity index (χ2v) is 5.70. The van der Waals surface area contributed by atoms with Crippen LogP contribution < -0.4 is 5.73 Å². The summed E-state index contributed by atoms with van der Waals surface area (Å²) in [7, 11) is 0. The number of carbonyl (C=O) groups is 1. The molecular weight excluding hydrogens is 266 g/mol. The van der Waals surface area contributed by atoms with Gasteiger partial charge in [0.1, 0.15) is 11.8 Å². The monoisotopic (exact) mass is 283 g/mol. The summed E-state index contributed by atoms with van der Waals surface area (Å²) in [5.74, 6) is -0.564. The molecule has 2 rings (SSSR count). The molecule has 1 saturated carbocycles. The van der Waals surface area contributed by atoms with Gasteiger partial charge in [-0.05, 0) is 25.2 Å². The molecule has 0 amide bonds. The van der Waals surface area contributed by atoms with Crippen molar-refractivity contribution in [1.29, 1.82) is 0 Å². The Kier molecular flexibility index (Phi) is 4.36. The maximum atomic E-state index is 11.2. The van der Waals surface area contributed by atoms with Crippen molar-refractivity contribution in [3.05, 3.63) is 11.1 Å². The van der Waals surface area contributed by atoms with Gasteiger partial charge >= 0.3 is 5.97 Å². The van der Waals surface area contributed by atoms with Crippen LogP contribution in [0.3, 0.4) is 0 Å². The van der Waals surface area contributed by atoms with Gasteiger partial charge in [-0.3, -0.25) is 0 Å². The molecule has 2 atom stereocenters. The Balaban J connectivity index is 2.07. The highest BCUT2D eigenvalue weighted by molar-refractivity contribution is 7.13. The summed E-state index contributed by atoms with van der Waals surface area (Å²) < 4.78 is 0. The van der Waals surface area contributed by atoms with E-state index in [1.807, 2.05) is 0 Å². The minimum absolute atomic E-state index is 0.00548. The predicted molar refractivity (Wildman–Crippen MR) is 73.2 cm³/mol. The summed E-state index contributed by atoms with van der Waals surface area (Å²) >= 11 is 1.18. The zero-order chi connectivity index (χ0) is 13.8. The zero-order valence-corrected chi connectivity index (χ0v) is 11.5. The topological polar surface area (TPSA) is 97.8 Å². The van der Waals surface area contributed by atoms with Crippen LogP contribution in [0.4, 0.5) is 5.13 Å². The fourth-order valence-electron chi connectivity index (χ4n) is 2.19. The van der Waals surface area contributed by atoms with Gasteiger partial charge in [-0.15, -0.1) is 11.3 Å². The van der Waals surface area contributed by atoms with E-state index in [9.17, 15) is 4.79 Å². The van der Waals surface area contributed by atoms with Crippen molar-refractivity contribution in [2.24, 2.45) is 11.1 Å². The van der Waals surface area contributed by atoms with Crippen LogP contribution in [0.5, 0.6) is 0 Å². The molecule has 0 spiro atoms. The van der Waals surface area contributed by atoms with Gasteiger partial charge in [0.15, 0.2) is 5.13 Å². The summed E-state index contributed by atoms with van der Waals surface area (Å²) in [5, 5.41) is 14.8. The molecule has 1 aliphatic rings. The largest absolute Gasteiger partial charge is 0.476 e. The molecule has 1 fully saturated rings. The third-order valence-electron chi connectivity index (χ3n) is 3.15. The Labute approximate surface area is 115 Å². The molecule has 19 heavy (non-hydrogen) atoms. The lowest BCUT2D eigenvalue weighted by Crippen LogP contribution is -2.22. The molecule has 0 bridgehead atoms. The third kappa shape index (κ3) is 3.66. The number of nitrogens with zero attached hydrogens (tertiary/aromatic N) is 2. The molecule has 6 nitrogen and oxygen atoms in total. The normalized spacial score (nSPS) is 24.2. The van der Waals surface area contributed by atoms with Crippen LogP contribution >= 0.6 is 11.3 Å². The van der Waals surface area contributed by atoms with E-state index in [0.717, 1.165) is 19.3 Å². The molecular formula is C12H17N3O3S. The van der Waals surface area contributed by atoms with Crippen LogP contribution in [0.15, 0.2) is 10.5 Å². The molecule has 0 aliphatic heterocycles. The molecule has 1 aromatic rings. The standard InChI is InChI=1S/C12H17N3O3S/c1-7-3-2-4-8(5-7)18-15-10(11(16)17)9-6-19-12(13)14-9/h6-8H,2-5H2,1H3,(H2,13,14)(H,16,17)/b15-10-/t7-,8-/m1/s1. The summed E-state index contributed by atoms with van der Waals surface area (Å²) in [6, 6.07) is 0. The van der Waals surface area contributed by atoms with Crippen molar-refractivity contribution in [2.45, 2.75) is 38.7 Å². The zero-order valence-electron chi connectivity index (χ0n) is 10.7. The first-order valence-electron chi connectivity index (χ1n) is 6.24. The average molecular weight is 283 g/mol. The van der Waals surface area contributed by atoms with Gasteiger partial charge in [0.2, 0.25) is 5.71 Å². The second kappa shape index (κ2) is 6.01. The highest BCUT2D eigenvalue weighted by Gasteiger charge is 2.22. The van der Waals surface area contributed by atoms with Crippen molar-refractivity contribution < 1.29 is 14.7 Å². The molecule has 0 saturated heterocycles. The fourth-order valence-corrected chi connectivity index (χ4v) is 2.74. The molecule has 3 N–H and O–H groups in total. The van der Waals surface area contributed by atoms with E-state index in [-0.39, 0.29) is 17.5 Å². The number of rotatable bonds is 4. The third-order valence-corrected chi connectivity index (χ3v) is 3.82. The summed E-state index contributed by atoms with van der Waals surface area (Å²) in [5.41, 5.74) is 5.55. The summed E-state index contributed by atoms with van der Waals surface area (Å²) in [6.07, 6.45) is 4.11.